The van der Waals surface area contributed by atoms with Gasteiger partial charge in [0.05, 0.1) is 18.6 Å². The van der Waals surface area contributed by atoms with E-state index in [2.05, 4.69) is 23.6 Å². The number of aliphatic hydroxyl groups is 1. The smallest absolute Gasteiger partial charge is 0.230 e. The van der Waals surface area contributed by atoms with Crippen molar-refractivity contribution in [2.75, 3.05) is 26.8 Å². The number of nitrogens with zero attached hydrogens (tertiary/aromatic N) is 2. The molecule has 2 aliphatic rings. The second kappa shape index (κ2) is 7.97. The maximum Gasteiger partial charge on any atom is 0.230 e. The molecule has 0 saturated heterocycles. The number of hydrogen-bond donors (Lipinski definition) is 1. The largest absolute Gasteiger partial charge is 0.395 e. The summed E-state index contributed by atoms with van der Waals surface area (Å²) in [7, 11) is 1.75. The number of likely N-dealkylation sites (N-methyl/N-ethyl adjacent to an activating group) is 1. The fourth-order valence-corrected chi connectivity index (χ4v) is 4.78. The molecule has 5 heteroatoms. The molecule has 0 fully saturated rings. The number of methoxy groups -OCH3 is 1. The fraction of sp³-hybridized carbons (Fsp3) is 0.667. The second-order valence-electron chi connectivity index (χ2n) is 7.36. The maximum atomic E-state index is 13.3. The van der Waals surface area contributed by atoms with Crippen molar-refractivity contribution < 1.29 is 14.6 Å². The molecule has 1 amide bonds. The lowest BCUT2D eigenvalue weighted by atomic mass is 9.79. The third-order valence-corrected chi connectivity index (χ3v) is 6.02. The number of carbonyl (C=O) groups excluding carboxylic acids is 1. The number of aromatic nitrogens is 1. The van der Waals surface area contributed by atoms with Crippen LogP contribution >= 0.6 is 0 Å². The summed E-state index contributed by atoms with van der Waals surface area (Å²) in [6, 6.07) is 0. The first-order chi connectivity index (χ1) is 12.6. The average Bonchev–Trinajstić information content (AvgIpc) is 2.97. The van der Waals surface area contributed by atoms with Crippen LogP contribution in [0.3, 0.4) is 0 Å². The molecule has 0 spiro atoms. The lowest BCUT2D eigenvalue weighted by Gasteiger charge is -2.31. The minimum Gasteiger partial charge on any atom is -0.395 e. The SMILES string of the molecule is CCN(CC)C(=O)C1CCCc2c1c1c(n2CCO)C=CC(C)C1OC. The van der Waals surface area contributed by atoms with E-state index in [1.165, 1.54) is 16.8 Å². The van der Waals surface area contributed by atoms with Crippen LogP contribution in [0.15, 0.2) is 6.08 Å². The van der Waals surface area contributed by atoms with E-state index in [0.717, 1.165) is 38.0 Å². The molecule has 0 radical (unpaired) electrons. The van der Waals surface area contributed by atoms with Gasteiger partial charge in [-0.3, -0.25) is 4.79 Å². The van der Waals surface area contributed by atoms with Gasteiger partial charge in [-0.1, -0.05) is 13.0 Å². The Morgan fingerprint density at radius 1 is 1.35 bits per heavy atom. The van der Waals surface area contributed by atoms with Gasteiger partial charge in [0.15, 0.2) is 0 Å². The van der Waals surface area contributed by atoms with Crippen LogP contribution in [0.25, 0.3) is 6.08 Å². The lowest BCUT2D eigenvalue weighted by molar-refractivity contribution is -0.132. The predicted octanol–water partition coefficient (Wildman–Crippen LogP) is 3.12. The Kier molecular flexibility index (Phi) is 5.88. The molecule has 0 bridgehead atoms. The third kappa shape index (κ3) is 3.01. The minimum absolute atomic E-state index is 0.0335. The van der Waals surface area contributed by atoms with Crippen LogP contribution in [0.5, 0.6) is 0 Å². The Labute approximate surface area is 156 Å². The summed E-state index contributed by atoms with van der Waals surface area (Å²) < 4.78 is 8.10. The summed E-state index contributed by atoms with van der Waals surface area (Å²) in [5.41, 5.74) is 4.70. The highest BCUT2D eigenvalue weighted by atomic mass is 16.5. The van der Waals surface area contributed by atoms with E-state index in [4.69, 9.17) is 4.74 Å². The minimum atomic E-state index is -0.0938. The standard InChI is InChI=1S/C21H32N2O3/c1-5-22(6-2)21(25)15-8-7-9-16-18(15)19-17(23(16)12-13-24)11-10-14(3)20(19)26-4/h10-11,14-15,20,24H,5-9,12-13H2,1-4H3. The molecule has 3 rings (SSSR count). The number of rotatable bonds is 6. The van der Waals surface area contributed by atoms with Crippen LogP contribution < -0.4 is 0 Å². The molecule has 2 aliphatic carbocycles. The number of hydrogen-bond acceptors (Lipinski definition) is 3. The maximum absolute atomic E-state index is 13.3. The number of amides is 1. The van der Waals surface area contributed by atoms with Gasteiger partial charge in [-0.25, -0.2) is 0 Å². The van der Waals surface area contributed by atoms with Crippen molar-refractivity contribution in [2.45, 2.75) is 58.6 Å². The molecule has 1 aromatic rings. The van der Waals surface area contributed by atoms with E-state index in [-0.39, 0.29) is 30.5 Å². The summed E-state index contributed by atoms with van der Waals surface area (Å²) >= 11 is 0. The Bertz CT molecular complexity index is 688. The summed E-state index contributed by atoms with van der Waals surface area (Å²) in [5.74, 6) is 0.411. The van der Waals surface area contributed by atoms with Gasteiger partial charge in [0.1, 0.15) is 0 Å². The van der Waals surface area contributed by atoms with Crippen molar-refractivity contribution in [1.29, 1.82) is 0 Å². The van der Waals surface area contributed by atoms with E-state index in [1.807, 2.05) is 18.7 Å². The van der Waals surface area contributed by atoms with Crippen molar-refractivity contribution in [3.8, 4) is 0 Å². The highest BCUT2D eigenvalue weighted by Crippen LogP contribution is 2.46. The lowest BCUT2D eigenvalue weighted by Crippen LogP contribution is -2.36. The topological polar surface area (TPSA) is 54.7 Å². The molecule has 26 heavy (non-hydrogen) atoms. The summed E-state index contributed by atoms with van der Waals surface area (Å²) in [5, 5.41) is 9.60. The molecule has 0 saturated carbocycles. The molecule has 0 aliphatic heterocycles. The zero-order valence-electron chi connectivity index (χ0n) is 16.5. The molecule has 1 aromatic heterocycles. The molecule has 1 heterocycles. The Morgan fingerprint density at radius 3 is 2.69 bits per heavy atom. The second-order valence-corrected chi connectivity index (χ2v) is 7.36. The normalized spacial score (nSPS) is 24.3. The van der Waals surface area contributed by atoms with Crippen molar-refractivity contribution in [3.63, 3.8) is 0 Å². The van der Waals surface area contributed by atoms with Crippen molar-refractivity contribution in [3.05, 3.63) is 28.6 Å². The van der Waals surface area contributed by atoms with Crippen molar-refractivity contribution in [1.82, 2.24) is 9.47 Å². The van der Waals surface area contributed by atoms with E-state index in [1.54, 1.807) is 7.11 Å². The first-order valence-electron chi connectivity index (χ1n) is 9.94. The van der Waals surface area contributed by atoms with Gasteiger partial charge in [-0.15, -0.1) is 0 Å². The van der Waals surface area contributed by atoms with E-state index < -0.39 is 0 Å². The Balaban J connectivity index is 2.17. The highest BCUT2D eigenvalue weighted by Gasteiger charge is 2.39. The van der Waals surface area contributed by atoms with Crippen LogP contribution in [0.4, 0.5) is 0 Å². The van der Waals surface area contributed by atoms with Gasteiger partial charge in [0.25, 0.3) is 0 Å². The molecule has 144 valence electrons. The number of fused-ring (bicyclic) bond motifs is 3. The summed E-state index contributed by atoms with van der Waals surface area (Å²) in [4.78, 5) is 15.2. The molecule has 5 nitrogen and oxygen atoms in total. The first kappa shape index (κ1) is 19.2. The average molecular weight is 360 g/mol. The Morgan fingerprint density at radius 2 is 2.08 bits per heavy atom. The number of ether oxygens (including phenoxy) is 1. The zero-order chi connectivity index (χ0) is 18.8. The van der Waals surface area contributed by atoms with Gasteiger partial charge in [-0.05, 0) is 44.7 Å². The predicted molar refractivity (Wildman–Crippen MR) is 103 cm³/mol. The fourth-order valence-electron chi connectivity index (χ4n) is 4.78. The molecule has 3 unspecified atom stereocenters. The van der Waals surface area contributed by atoms with E-state index in [0.29, 0.717) is 6.54 Å². The summed E-state index contributed by atoms with van der Waals surface area (Å²) in [6.07, 6.45) is 7.17. The van der Waals surface area contributed by atoms with Gasteiger partial charge >= 0.3 is 0 Å². The van der Waals surface area contributed by atoms with Crippen LogP contribution in [-0.2, 0) is 22.5 Å². The van der Waals surface area contributed by atoms with Crippen LogP contribution in [0, 0.1) is 5.92 Å². The summed E-state index contributed by atoms with van der Waals surface area (Å²) in [6.45, 7) is 8.39. The van der Waals surface area contributed by atoms with Crippen molar-refractivity contribution in [2.24, 2.45) is 5.92 Å². The zero-order valence-corrected chi connectivity index (χ0v) is 16.5. The number of carbonyl (C=O) groups is 1. The van der Waals surface area contributed by atoms with E-state index >= 15 is 0 Å². The van der Waals surface area contributed by atoms with Gasteiger partial charge < -0.3 is 19.3 Å². The quantitative estimate of drug-likeness (QED) is 0.848. The molecular weight excluding hydrogens is 328 g/mol. The van der Waals surface area contributed by atoms with Gasteiger partial charge in [0.2, 0.25) is 5.91 Å². The van der Waals surface area contributed by atoms with Gasteiger partial charge in [0, 0.05) is 49.6 Å². The number of aliphatic hydroxyl groups excluding tert-OH is 1. The Hall–Kier alpha value is -1.59. The van der Waals surface area contributed by atoms with Crippen molar-refractivity contribution >= 4 is 12.0 Å². The van der Waals surface area contributed by atoms with Crippen LogP contribution in [0.1, 0.15) is 68.1 Å². The van der Waals surface area contributed by atoms with Crippen LogP contribution in [0.2, 0.25) is 0 Å². The van der Waals surface area contributed by atoms with E-state index in [9.17, 15) is 9.90 Å². The first-order valence-corrected chi connectivity index (χ1v) is 9.94. The van der Waals surface area contributed by atoms with Gasteiger partial charge in [-0.2, -0.15) is 0 Å². The monoisotopic (exact) mass is 360 g/mol. The molecular formula is C21H32N2O3. The third-order valence-electron chi connectivity index (χ3n) is 6.02. The molecule has 0 aromatic carbocycles. The highest BCUT2D eigenvalue weighted by molar-refractivity contribution is 5.85. The molecule has 3 atom stereocenters. The molecule has 1 N–H and O–H groups in total. The van der Waals surface area contributed by atoms with Crippen LogP contribution in [-0.4, -0.2) is 47.3 Å².